The molecule has 3 heterocycles. The molecule has 1 N–H and O–H groups in total. The molecule has 0 radical (unpaired) electrons. The summed E-state index contributed by atoms with van der Waals surface area (Å²) in [4.78, 5) is 18.6. The minimum atomic E-state index is -0.124. The summed E-state index contributed by atoms with van der Waals surface area (Å²) < 4.78 is 13.1. The van der Waals surface area contributed by atoms with Crippen LogP contribution in [0.1, 0.15) is 55.2 Å². The maximum atomic E-state index is 13.2. The highest BCUT2D eigenvalue weighted by molar-refractivity contribution is 5.79. The number of fused-ring (bicyclic) bond motifs is 1. The smallest absolute Gasteiger partial charge is 0.252 e. The third kappa shape index (κ3) is 5.79. The number of pyridine rings is 1. The van der Waals surface area contributed by atoms with Gasteiger partial charge in [-0.25, -0.2) is 4.68 Å². The van der Waals surface area contributed by atoms with Crippen molar-refractivity contribution < 1.29 is 9.47 Å². The van der Waals surface area contributed by atoms with E-state index in [1.807, 2.05) is 35.9 Å². The van der Waals surface area contributed by atoms with E-state index in [0.717, 1.165) is 53.1 Å². The number of aryl methyl sites for hydroxylation is 1. The molecule has 1 saturated heterocycles. The van der Waals surface area contributed by atoms with E-state index in [4.69, 9.17) is 9.47 Å². The number of nitrogens with one attached hydrogen (secondary N) is 1. The zero-order valence-corrected chi connectivity index (χ0v) is 22.6. The van der Waals surface area contributed by atoms with Gasteiger partial charge in [0.15, 0.2) is 5.82 Å². The maximum absolute atomic E-state index is 13.2. The highest BCUT2D eigenvalue weighted by Crippen LogP contribution is 2.31. The number of H-pyrrole nitrogens is 1. The van der Waals surface area contributed by atoms with Gasteiger partial charge in [0, 0.05) is 30.8 Å². The SMILES string of the molecule is COc1ccc(CN(Cc2cc3ccc(C)cc3[nH]c2=O)[C@@H](c2nnnn2C[C@H]2CCCO2)C(C)C)cc1. The van der Waals surface area contributed by atoms with E-state index in [1.54, 1.807) is 7.11 Å². The Kier molecular flexibility index (Phi) is 7.85. The summed E-state index contributed by atoms with van der Waals surface area (Å²) in [6, 6.07) is 16.1. The molecule has 0 saturated carbocycles. The van der Waals surface area contributed by atoms with Crippen LogP contribution in [0.25, 0.3) is 10.9 Å². The van der Waals surface area contributed by atoms with Crippen molar-refractivity contribution in [2.45, 2.75) is 65.4 Å². The van der Waals surface area contributed by atoms with Crippen LogP contribution in [0, 0.1) is 12.8 Å². The highest BCUT2D eigenvalue weighted by Gasteiger charge is 2.31. The minimum Gasteiger partial charge on any atom is -0.497 e. The van der Waals surface area contributed by atoms with Gasteiger partial charge in [0.2, 0.25) is 0 Å². The second kappa shape index (κ2) is 11.4. The highest BCUT2D eigenvalue weighted by atomic mass is 16.5. The first-order valence-corrected chi connectivity index (χ1v) is 13.3. The molecule has 0 bridgehead atoms. The van der Waals surface area contributed by atoms with Gasteiger partial charge in [-0.2, -0.15) is 0 Å². The lowest BCUT2D eigenvalue weighted by Crippen LogP contribution is -2.36. The van der Waals surface area contributed by atoms with Gasteiger partial charge in [-0.3, -0.25) is 9.69 Å². The lowest BCUT2D eigenvalue weighted by Gasteiger charge is -2.33. The van der Waals surface area contributed by atoms with Crippen LogP contribution >= 0.6 is 0 Å². The number of hydrogen-bond donors (Lipinski definition) is 1. The molecule has 2 aromatic carbocycles. The molecule has 9 heteroatoms. The zero-order chi connectivity index (χ0) is 26.6. The van der Waals surface area contributed by atoms with Crippen LogP contribution < -0.4 is 10.3 Å². The number of rotatable bonds is 10. The van der Waals surface area contributed by atoms with Gasteiger partial charge in [0.25, 0.3) is 5.56 Å². The van der Waals surface area contributed by atoms with Crippen molar-refractivity contribution in [3.63, 3.8) is 0 Å². The van der Waals surface area contributed by atoms with Gasteiger partial charge in [-0.15, -0.1) is 5.10 Å². The van der Waals surface area contributed by atoms with Crippen LogP contribution in [0.4, 0.5) is 0 Å². The molecule has 2 atom stereocenters. The fourth-order valence-electron chi connectivity index (χ4n) is 5.33. The number of ether oxygens (including phenoxy) is 2. The molecule has 4 aromatic rings. The lowest BCUT2D eigenvalue weighted by molar-refractivity contribution is 0.0851. The van der Waals surface area contributed by atoms with E-state index in [2.05, 4.69) is 63.5 Å². The van der Waals surface area contributed by atoms with E-state index in [-0.39, 0.29) is 23.6 Å². The molecule has 0 spiro atoms. The first-order valence-electron chi connectivity index (χ1n) is 13.3. The third-order valence-electron chi connectivity index (χ3n) is 7.25. The standard InChI is InChI=1S/C29H36N6O3/c1-19(2)27(28-31-32-33-35(28)18-25-6-5-13-38-25)34(16-21-8-11-24(37-4)12-9-21)17-23-15-22-10-7-20(3)14-26(22)30-29(23)36/h7-12,14-15,19,25,27H,5-6,13,16-18H2,1-4H3,(H,30,36)/t25-,27-/m1/s1. The largest absolute Gasteiger partial charge is 0.497 e. The molecule has 1 aliphatic heterocycles. The molecular formula is C29H36N6O3. The molecule has 5 rings (SSSR count). The Hall–Kier alpha value is -3.56. The summed E-state index contributed by atoms with van der Waals surface area (Å²) in [6.07, 6.45) is 2.18. The summed E-state index contributed by atoms with van der Waals surface area (Å²) in [5.41, 5.74) is 3.70. The van der Waals surface area contributed by atoms with Crippen LogP contribution in [-0.2, 0) is 24.4 Å². The second-order valence-electron chi connectivity index (χ2n) is 10.5. The Morgan fingerprint density at radius 2 is 1.97 bits per heavy atom. The Labute approximate surface area is 222 Å². The Morgan fingerprint density at radius 1 is 1.16 bits per heavy atom. The summed E-state index contributed by atoms with van der Waals surface area (Å²) in [5.74, 6) is 1.78. The number of aromatic amines is 1. The Bertz CT molecular complexity index is 1420. The molecule has 0 unspecified atom stereocenters. The number of aromatic nitrogens is 5. The summed E-state index contributed by atoms with van der Waals surface area (Å²) in [6.45, 7) is 8.83. The summed E-state index contributed by atoms with van der Waals surface area (Å²) >= 11 is 0. The first-order chi connectivity index (χ1) is 18.4. The third-order valence-corrected chi connectivity index (χ3v) is 7.25. The number of tetrazole rings is 1. The van der Waals surface area contributed by atoms with E-state index in [9.17, 15) is 4.79 Å². The minimum absolute atomic E-state index is 0.0794. The predicted molar refractivity (Wildman–Crippen MR) is 146 cm³/mol. The summed E-state index contributed by atoms with van der Waals surface area (Å²) in [5, 5.41) is 13.9. The molecule has 0 aliphatic carbocycles. The van der Waals surface area contributed by atoms with Gasteiger partial charge in [-0.1, -0.05) is 38.1 Å². The van der Waals surface area contributed by atoms with Crippen molar-refractivity contribution in [1.82, 2.24) is 30.1 Å². The van der Waals surface area contributed by atoms with Crippen LogP contribution in [-0.4, -0.2) is 49.9 Å². The lowest BCUT2D eigenvalue weighted by atomic mass is 9.99. The Balaban J connectivity index is 1.52. The maximum Gasteiger partial charge on any atom is 0.252 e. The number of benzene rings is 2. The van der Waals surface area contributed by atoms with Crippen LogP contribution in [0.5, 0.6) is 5.75 Å². The quantitative estimate of drug-likeness (QED) is 0.333. The number of methoxy groups -OCH3 is 1. The second-order valence-corrected chi connectivity index (χ2v) is 10.5. The molecular weight excluding hydrogens is 480 g/mol. The van der Waals surface area contributed by atoms with Crippen molar-refractivity contribution in [3.8, 4) is 5.75 Å². The molecule has 1 aliphatic rings. The molecule has 9 nitrogen and oxygen atoms in total. The molecule has 1 fully saturated rings. The average molecular weight is 517 g/mol. The monoisotopic (exact) mass is 516 g/mol. The van der Waals surface area contributed by atoms with Crippen LogP contribution in [0.3, 0.4) is 0 Å². The molecule has 0 amide bonds. The first kappa shape index (κ1) is 26.1. The molecule has 38 heavy (non-hydrogen) atoms. The van der Waals surface area contributed by atoms with Gasteiger partial charge in [0.1, 0.15) is 5.75 Å². The zero-order valence-electron chi connectivity index (χ0n) is 22.6. The fraction of sp³-hybridized carbons (Fsp3) is 0.448. The van der Waals surface area contributed by atoms with E-state index < -0.39 is 0 Å². The van der Waals surface area contributed by atoms with Gasteiger partial charge >= 0.3 is 0 Å². The molecule has 2 aromatic heterocycles. The van der Waals surface area contributed by atoms with Gasteiger partial charge in [-0.05, 0) is 76.9 Å². The van der Waals surface area contributed by atoms with E-state index in [0.29, 0.717) is 25.2 Å². The van der Waals surface area contributed by atoms with Crippen LogP contribution in [0.15, 0.2) is 53.3 Å². The van der Waals surface area contributed by atoms with Crippen molar-refractivity contribution in [2.75, 3.05) is 13.7 Å². The van der Waals surface area contributed by atoms with E-state index in [1.165, 1.54) is 0 Å². The van der Waals surface area contributed by atoms with Crippen molar-refractivity contribution in [1.29, 1.82) is 0 Å². The van der Waals surface area contributed by atoms with Crippen molar-refractivity contribution in [2.24, 2.45) is 5.92 Å². The average Bonchev–Trinajstić information content (AvgIpc) is 3.58. The predicted octanol–water partition coefficient (Wildman–Crippen LogP) is 4.41. The molecule has 200 valence electrons. The summed E-state index contributed by atoms with van der Waals surface area (Å²) in [7, 11) is 1.66. The fourth-order valence-corrected chi connectivity index (χ4v) is 5.33. The Morgan fingerprint density at radius 3 is 2.68 bits per heavy atom. The van der Waals surface area contributed by atoms with E-state index >= 15 is 0 Å². The normalized spacial score (nSPS) is 16.5. The number of nitrogens with zero attached hydrogens (tertiary/aromatic N) is 5. The van der Waals surface area contributed by atoms with Crippen molar-refractivity contribution >= 4 is 10.9 Å². The van der Waals surface area contributed by atoms with Gasteiger partial charge < -0.3 is 14.5 Å². The van der Waals surface area contributed by atoms with Crippen LogP contribution in [0.2, 0.25) is 0 Å². The van der Waals surface area contributed by atoms with Gasteiger partial charge in [0.05, 0.1) is 25.8 Å². The van der Waals surface area contributed by atoms with Crippen molar-refractivity contribution in [3.05, 3.63) is 81.4 Å². The topological polar surface area (TPSA) is 98.2 Å². The number of hydrogen-bond acceptors (Lipinski definition) is 7.